The molecule has 2 nitrogen and oxygen atoms in total. The van der Waals surface area contributed by atoms with E-state index in [4.69, 9.17) is 5.73 Å². The minimum Gasteiger partial charge on any atom is -0.399 e. The Morgan fingerprint density at radius 1 is 1.27 bits per heavy atom. The van der Waals surface area contributed by atoms with Crippen LogP contribution in [0.4, 0.5) is 5.69 Å². The Balaban J connectivity index is 2.43. The summed E-state index contributed by atoms with van der Waals surface area (Å²) in [6.45, 7) is 4.37. The summed E-state index contributed by atoms with van der Waals surface area (Å²) >= 11 is 0. The third-order valence-electron chi connectivity index (χ3n) is 2.25. The fourth-order valence-corrected chi connectivity index (χ4v) is 2.46. The quantitative estimate of drug-likeness (QED) is 0.783. The first-order valence-electron chi connectivity index (χ1n) is 5.33. The van der Waals surface area contributed by atoms with Gasteiger partial charge in [0.25, 0.3) is 0 Å². The van der Waals surface area contributed by atoms with E-state index in [-0.39, 0.29) is 0 Å². The van der Waals surface area contributed by atoms with Crippen molar-refractivity contribution in [3.63, 3.8) is 0 Å². The Morgan fingerprint density at radius 3 is 2.40 bits per heavy atom. The number of nitrogens with two attached hydrogens (primary N) is 1. The predicted molar refractivity (Wildman–Crippen MR) is 66.2 cm³/mol. The summed E-state index contributed by atoms with van der Waals surface area (Å²) in [5, 5.41) is 0. The number of hydrogen-bond acceptors (Lipinski definition) is 2. The first kappa shape index (κ1) is 12.2. The molecule has 0 saturated heterocycles. The lowest BCUT2D eigenvalue weighted by atomic mass is 10.1. The first-order chi connectivity index (χ1) is 7.09. The molecule has 0 aliphatic carbocycles. The zero-order valence-electron chi connectivity index (χ0n) is 9.40. The molecule has 0 aromatic heterocycles. The van der Waals surface area contributed by atoms with Crippen LogP contribution < -0.4 is 5.73 Å². The van der Waals surface area contributed by atoms with Gasteiger partial charge in [-0.3, -0.25) is 4.21 Å². The van der Waals surface area contributed by atoms with Crippen molar-refractivity contribution in [1.82, 2.24) is 0 Å². The van der Waals surface area contributed by atoms with Gasteiger partial charge in [0.1, 0.15) is 0 Å². The molecule has 0 amide bonds. The molecule has 1 atom stereocenters. The second kappa shape index (κ2) is 5.91. The number of hydrogen-bond donors (Lipinski definition) is 1. The minimum atomic E-state index is -0.864. The Morgan fingerprint density at radius 2 is 1.87 bits per heavy atom. The molecule has 0 aliphatic rings. The van der Waals surface area contributed by atoms with E-state index in [0.29, 0.717) is 5.92 Å². The molecular weight excluding hydrogens is 206 g/mol. The van der Waals surface area contributed by atoms with Crippen molar-refractivity contribution < 1.29 is 4.21 Å². The van der Waals surface area contributed by atoms with Gasteiger partial charge in [-0.2, -0.15) is 0 Å². The van der Waals surface area contributed by atoms with E-state index in [1.165, 1.54) is 0 Å². The molecule has 3 heteroatoms. The summed E-state index contributed by atoms with van der Waals surface area (Å²) < 4.78 is 11.8. The summed E-state index contributed by atoms with van der Waals surface area (Å²) in [5.41, 5.74) is 6.29. The Hall–Kier alpha value is -0.830. The monoisotopic (exact) mass is 225 g/mol. The molecule has 84 valence electrons. The van der Waals surface area contributed by atoms with Crippen molar-refractivity contribution in [2.24, 2.45) is 5.92 Å². The molecular formula is C12H19NOS. The number of anilines is 1. The molecule has 0 heterocycles. The summed E-state index contributed by atoms with van der Waals surface area (Å²) in [4.78, 5) is 0.882. The maximum absolute atomic E-state index is 11.8. The zero-order valence-corrected chi connectivity index (χ0v) is 10.2. The summed E-state index contributed by atoms with van der Waals surface area (Å²) in [5.74, 6) is 1.44. The highest BCUT2D eigenvalue weighted by Crippen LogP contribution is 2.12. The van der Waals surface area contributed by atoms with E-state index < -0.39 is 10.8 Å². The van der Waals surface area contributed by atoms with E-state index in [0.717, 1.165) is 29.2 Å². The topological polar surface area (TPSA) is 43.1 Å². The van der Waals surface area contributed by atoms with E-state index in [1.807, 2.05) is 12.1 Å². The van der Waals surface area contributed by atoms with Gasteiger partial charge in [-0.1, -0.05) is 20.3 Å². The molecule has 0 aliphatic heterocycles. The largest absolute Gasteiger partial charge is 0.399 e. The molecule has 0 radical (unpaired) electrons. The molecule has 1 aromatic carbocycles. The molecule has 0 spiro atoms. The van der Waals surface area contributed by atoms with Gasteiger partial charge in [-0.15, -0.1) is 0 Å². The lowest BCUT2D eigenvalue weighted by Crippen LogP contribution is -2.00. The molecule has 1 rings (SSSR count). The highest BCUT2D eigenvalue weighted by Gasteiger charge is 2.03. The Bertz CT molecular complexity index is 319. The average Bonchev–Trinajstić information content (AvgIpc) is 2.18. The molecule has 0 saturated carbocycles. The molecule has 0 bridgehead atoms. The fraction of sp³-hybridized carbons (Fsp3) is 0.500. The van der Waals surface area contributed by atoms with Crippen LogP contribution in [0.3, 0.4) is 0 Å². The Labute approximate surface area is 94.3 Å². The van der Waals surface area contributed by atoms with Crippen molar-refractivity contribution in [2.75, 3.05) is 11.5 Å². The van der Waals surface area contributed by atoms with Crippen molar-refractivity contribution >= 4 is 16.5 Å². The third-order valence-corrected chi connectivity index (χ3v) is 3.71. The summed E-state index contributed by atoms with van der Waals surface area (Å²) in [6, 6.07) is 7.30. The van der Waals surface area contributed by atoms with Crippen LogP contribution in [0, 0.1) is 5.92 Å². The lowest BCUT2D eigenvalue weighted by Gasteiger charge is -2.05. The zero-order chi connectivity index (χ0) is 11.3. The van der Waals surface area contributed by atoms with E-state index in [9.17, 15) is 4.21 Å². The average molecular weight is 225 g/mol. The third kappa shape index (κ3) is 4.47. The maximum Gasteiger partial charge on any atom is 0.0529 e. The molecule has 0 fully saturated rings. The molecule has 15 heavy (non-hydrogen) atoms. The van der Waals surface area contributed by atoms with Gasteiger partial charge in [0.05, 0.1) is 10.8 Å². The molecule has 2 N–H and O–H groups in total. The summed E-state index contributed by atoms with van der Waals surface area (Å²) in [6.07, 6.45) is 2.16. The fourth-order valence-electron chi connectivity index (χ4n) is 1.36. The van der Waals surface area contributed by atoms with Crippen molar-refractivity contribution in [3.8, 4) is 0 Å². The maximum atomic E-state index is 11.8. The van der Waals surface area contributed by atoms with Gasteiger partial charge < -0.3 is 5.73 Å². The Kier molecular flexibility index (Phi) is 4.82. The summed E-state index contributed by atoms with van der Waals surface area (Å²) in [7, 11) is -0.864. The van der Waals surface area contributed by atoms with Crippen LogP contribution in [0.25, 0.3) is 0 Å². The number of benzene rings is 1. The van der Waals surface area contributed by atoms with Crippen LogP contribution in [0.2, 0.25) is 0 Å². The standard InChI is InChI=1S/C12H19NOS/c1-10(2)4-3-9-15(14)12-7-5-11(13)6-8-12/h5-8,10H,3-4,9,13H2,1-2H3. The van der Waals surface area contributed by atoms with Crippen LogP contribution in [0.1, 0.15) is 26.7 Å². The SMILES string of the molecule is CC(C)CCCS(=O)c1ccc(N)cc1. The lowest BCUT2D eigenvalue weighted by molar-refractivity contribution is 0.575. The van der Waals surface area contributed by atoms with E-state index in [1.54, 1.807) is 12.1 Å². The van der Waals surface area contributed by atoms with Crippen LogP contribution in [0.15, 0.2) is 29.2 Å². The van der Waals surface area contributed by atoms with Crippen LogP contribution in [0.5, 0.6) is 0 Å². The van der Waals surface area contributed by atoms with Crippen molar-refractivity contribution in [1.29, 1.82) is 0 Å². The predicted octanol–water partition coefficient (Wildman–Crippen LogP) is 2.81. The minimum absolute atomic E-state index is 0.688. The van der Waals surface area contributed by atoms with Gasteiger partial charge in [0.15, 0.2) is 0 Å². The smallest absolute Gasteiger partial charge is 0.0529 e. The van der Waals surface area contributed by atoms with Gasteiger partial charge >= 0.3 is 0 Å². The van der Waals surface area contributed by atoms with E-state index >= 15 is 0 Å². The normalized spacial score (nSPS) is 13.0. The van der Waals surface area contributed by atoms with Crippen LogP contribution in [-0.4, -0.2) is 9.96 Å². The number of rotatable bonds is 5. The van der Waals surface area contributed by atoms with Crippen molar-refractivity contribution in [3.05, 3.63) is 24.3 Å². The van der Waals surface area contributed by atoms with E-state index in [2.05, 4.69) is 13.8 Å². The second-order valence-electron chi connectivity index (χ2n) is 4.15. The highest BCUT2D eigenvalue weighted by molar-refractivity contribution is 7.85. The molecule has 1 unspecified atom stereocenters. The number of nitrogen functional groups attached to an aromatic ring is 1. The first-order valence-corrected chi connectivity index (χ1v) is 6.65. The molecule has 1 aromatic rings. The highest BCUT2D eigenvalue weighted by atomic mass is 32.2. The van der Waals surface area contributed by atoms with Gasteiger partial charge in [0.2, 0.25) is 0 Å². The van der Waals surface area contributed by atoms with Crippen LogP contribution in [-0.2, 0) is 10.8 Å². The van der Waals surface area contributed by atoms with Gasteiger partial charge in [-0.05, 0) is 36.6 Å². The second-order valence-corrected chi connectivity index (χ2v) is 5.73. The van der Waals surface area contributed by atoms with Crippen LogP contribution >= 0.6 is 0 Å². The van der Waals surface area contributed by atoms with Gasteiger partial charge in [0, 0.05) is 16.3 Å². The van der Waals surface area contributed by atoms with Crippen molar-refractivity contribution in [2.45, 2.75) is 31.6 Å². The van der Waals surface area contributed by atoms with Gasteiger partial charge in [-0.25, -0.2) is 0 Å².